The van der Waals surface area contributed by atoms with Crippen molar-refractivity contribution in [2.24, 2.45) is 0 Å². The second-order valence-corrected chi connectivity index (χ2v) is 7.38. The molecule has 0 unspecified atom stereocenters. The number of aromatic nitrogens is 2. The lowest BCUT2D eigenvalue weighted by Gasteiger charge is -2.18. The smallest absolute Gasteiger partial charge is 0.354 e. The Morgan fingerprint density at radius 1 is 0.824 bits per heavy atom. The molecule has 1 aromatic heterocycles. The van der Waals surface area contributed by atoms with Crippen LogP contribution in [0.2, 0.25) is 0 Å². The number of anilines is 2. The van der Waals surface area contributed by atoms with Gasteiger partial charge in [0.15, 0.2) is 0 Å². The number of nitrogens with zero attached hydrogens (tertiary/aromatic N) is 3. The number of hydrogen-bond donors (Lipinski definition) is 3. The lowest BCUT2D eigenvalue weighted by atomic mass is 9.91. The normalized spacial score (nSPS) is 10.5. The van der Waals surface area contributed by atoms with E-state index < -0.39 is 10.8 Å². The Kier molecular flexibility index (Phi) is 7.04. The monoisotopic (exact) mass is 454 g/mol. The maximum atomic E-state index is 13.2. The van der Waals surface area contributed by atoms with Crippen LogP contribution in [-0.4, -0.2) is 20.8 Å². The lowest BCUT2D eigenvalue weighted by Crippen LogP contribution is -2.35. The van der Waals surface area contributed by atoms with E-state index in [-0.39, 0.29) is 23.2 Å². The summed E-state index contributed by atoms with van der Waals surface area (Å²) in [6.45, 7) is 0.342. The third-order valence-corrected chi connectivity index (χ3v) is 5.14. The molecule has 4 rings (SSSR count). The van der Waals surface area contributed by atoms with Crippen LogP contribution in [0.25, 0.3) is 0 Å². The van der Waals surface area contributed by atoms with Gasteiger partial charge in [-0.05, 0) is 16.7 Å². The summed E-state index contributed by atoms with van der Waals surface area (Å²) in [4.78, 5) is 32.4. The molecule has 9 nitrogen and oxygen atoms in total. The molecule has 0 atom stereocenters. The van der Waals surface area contributed by atoms with Gasteiger partial charge in [0.05, 0.1) is 10.8 Å². The van der Waals surface area contributed by atoms with Crippen LogP contribution >= 0.6 is 0 Å². The highest BCUT2D eigenvalue weighted by atomic mass is 16.6. The minimum atomic E-state index is -0.619. The number of amides is 1. The Hall–Kier alpha value is -4.79. The van der Waals surface area contributed by atoms with Gasteiger partial charge in [0, 0.05) is 6.54 Å². The lowest BCUT2D eigenvalue weighted by molar-refractivity contribution is -0.383. The molecule has 1 heterocycles. The van der Waals surface area contributed by atoms with Gasteiger partial charge in [0.2, 0.25) is 17.5 Å². The number of hydrazine groups is 1. The van der Waals surface area contributed by atoms with Crippen LogP contribution in [0.3, 0.4) is 0 Å². The molecular formula is C25H22N6O3. The molecule has 0 radical (unpaired) electrons. The quantitative estimate of drug-likeness (QED) is 0.255. The maximum Gasteiger partial charge on any atom is 0.354 e. The van der Waals surface area contributed by atoms with Crippen LogP contribution in [0, 0.1) is 10.1 Å². The van der Waals surface area contributed by atoms with Crippen LogP contribution in [0.4, 0.5) is 17.3 Å². The average molecular weight is 454 g/mol. The molecule has 0 saturated carbocycles. The van der Waals surface area contributed by atoms with E-state index in [4.69, 9.17) is 0 Å². The molecule has 0 aliphatic rings. The summed E-state index contributed by atoms with van der Waals surface area (Å²) < 4.78 is 0. The van der Waals surface area contributed by atoms with Crippen molar-refractivity contribution < 1.29 is 9.72 Å². The summed E-state index contributed by atoms with van der Waals surface area (Å²) >= 11 is 0. The molecule has 1 amide bonds. The Morgan fingerprint density at radius 2 is 1.35 bits per heavy atom. The molecule has 0 saturated heterocycles. The largest absolute Gasteiger partial charge is 0.360 e. The fraction of sp³-hybridized carbons (Fsp3) is 0.0800. The topological polar surface area (TPSA) is 122 Å². The molecule has 0 aliphatic carbocycles. The van der Waals surface area contributed by atoms with Gasteiger partial charge in [-0.2, -0.15) is 0 Å². The van der Waals surface area contributed by atoms with Crippen molar-refractivity contribution >= 4 is 23.2 Å². The summed E-state index contributed by atoms with van der Waals surface area (Å²) in [6, 6.07) is 28.0. The molecule has 9 heteroatoms. The first kappa shape index (κ1) is 22.4. The minimum absolute atomic E-state index is 0.0447. The number of carbonyl (C=O) groups is 1. The highest BCUT2D eigenvalue weighted by Gasteiger charge is 2.26. The van der Waals surface area contributed by atoms with Crippen molar-refractivity contribution in [3.8, 4) is 0 Å². The number of hydrogen-bond acceptors (Lipinski definition) is 7. The highest BCUT2D eigenvalue weighted by molar-refractivity contribution is 5.88. The summed E-state index contributed by atoms with van der Waals surface area (Å²) in [5.41, 5.74) is 7.35. The van der Waals surface area contributed by atoms with Gasteiger partial charge in [-0.1, -0.05) is 91.0 Å². The van der Waals surface area contributed by atoms with E-state index in [9.17, 15) is 14.9 Å². The summed E-state index contributed by atoms with van der Waals surface area (Å²) in [7, 11) is 0. The zero-order valence-corrected chi connectivity index (χ0v) is 18.1. The van der Waals surface area contributed by atoms with Crippen LogP contribution in [0.15, 0.2) is 97.3 Å². The fourth-order valence-corrected chi connectivity index (χ4v) is 3.53. The van der Waals surface area contributed by atoms with Gasteiger partial charge in [-0.3, -0.25) is 25.8 Å². The van der Waals surface area contributed by atoms with Crippen molar-refractivity contribution in [3.05, 3.63) is 124 Å². The highest BCUT2D eigenvalue weighted by Crippen LogP contribution is 2.29. The summed E-state index contributed by atoms with van der Waals surface area (Å²) in [5.74, 6) is -1.08. The van der Waals surface area contributed by atoms with Crippen molar-refractivity contribution in [1.82, 2.24) is 15.4 Å². The summed E-state index contributed by atoms with van der Waals surface area (Å²) in [6.07, 6.45) is 1.20. The Labute approximate surface area is 196 Å². The van der Waals surface area contributed by atoms with E-state index in [0.29, 0.717) is 6.54 Å². The molecule has 0 aliphatic heterocycles. The van der Waals surface area contributed by atoms with Gasteiger partial charge in [-0.25, -0.2) is 9.97 Å². The molecule has 4 aromatic rings. The Morgan fingerprint density at radius 3 is 1.91 bits per heavy atom. The molecule has 3 aromatic carbocycles. The predicted molar refractivity (Wildman–Crippen MR) is 129 cm³/mol. The molecule has 0 spiro atoms. The standard InChI is InChI=1S/C25H22N6O3/c32-25(21(19-12-6-2-7-13-19)20-14-8-3-9-15-20)30-29-24-22(31(33)34)23(27-17-28-24)26-16-18-10-4-1-5-11-18/h1-15,17,21H,16H2,(H,30,32)(H2,26,27,28,29). The van der Waals surface area contributed by atoms with Crippen molar-refractivity contribution in [2.75, 3.05) is 10.7 Å². The van der Waals surface area contributed by atoms with Crippen LogP contribution in [0.1, 0.15) is 22.6 Å². The van der Waals surface area contributed by atoms with Gasteiger partial charge in [0.25, 0.3) is 0 Å². The van der Waals surface area contributed by atoms with E-state index in [1.54, 1.807) is 0 Å². The molecule has 0 fully saturated rings. The first-order chi connectivity index (χ1) is 16.6. The zero-order chi connectivity index (χ0) is 23.8. The minimum Gasteiger partial charge on any atom is -0.360 e. The van der Waals surface area contributed by atoms with Gasteiger partial charge >= 0.3 is 5.69 Å². The van der Waals surface area contributed by atoms with E-state index >= 15 is 0 Å². The molecule has 34 heavy (non-hydrogen) atoms. The third-order valence-electron chi connectivity index (χ3n) is 5.14. The van der Waals surface area contributed by atoms with Crippen LogP contribution in [0.5, 0.6) is 0 Å². The maximum absolute atomic E-state index is 13.2. The summed E-state index contributed by atoms with van der Waals surface area (Å²) in [5, 5.41) is 14.8. The first-order valence-electron chi connectivity index (χ1n) is 10.6. The van der Waals surface area contributed by atoms with Crippen LogP contribution < -0.4 is 16.2 Å². The second kappa shape index (κ2) is 10.7. The zero-order valence-electron chi connectivity index (χ0n) is 18.1. The van der Waals surface area contributed by atoms with Crippen molar-refractivity contribution in [1.29, 1.82) is 0 Å². The SMILES string of the molecule is O=C(NNc1ncnc(NCc2ccccc2)c1[N+](=O)[O-])C(c1ccccc1)c1ccccc1. The van der Waals surface area contributed by atoms with E-state index in [0.717, 1.165) is 16.7 Å². The predicted octanol–water partition coefficient (Wildman–Crippen LogP) is 4.27. The van der Waals surface area contributed by atoms with E-state index in [1.165, 1.54) is 6.33 Å². The number of nitro groups is 1. The number of carbonyl (C=O) groups excluding carboxylic acids is 1. The Bertz CT molecular complexity index is 1210. The molecule has 170 valence electrons. The Balaban J connectivity index is 1.55. The van der Waals surface area contributed by atoms with Gasteiger partial charge in [0.1, 0.15) is 6.33 Å². The third kappa shape index (κ3) is 5.33. The number of rotatable bonds is 9. The molecule has 3 N–H and O–H groups in total. The van der Waals surface area contributed by atoms with Crippen molar-refractivity contribution in [3.63, 3.8) is 0 Å². The van der Waals surface area contributed by atoms with Gasteiger partial charge < -0.3 is 5.32 Å². The fourth-order valence-electron chi connectivity index (χ4n) is 3.53. The molecule has 0 bridgehead atoms. The number of nitrogens with one attached hydrogen (secondary N) is 3. The molecular weight excluding hydrogens is 432 g/mol. The first-order valence-corrected chi connectivity index (χ1v) is 10.6. The van der Waals surface area contributed by atoms with E-state index in [1.807, 2.05) is 91.0 Å². The average Bonchev–Trinajstić information content (AvgIpc) is 2.88. The second-order valence-electron chi connectivity index (χ2n) is 7.38. The number of benzene rings is 3. The van der Waals surface area contributed by atoms with Crippen LogP contribution in [-0.2, 0) is 11.3 Å². The van der Waals surface area contributed by atoms with Gasteiger partial charge in [-0.15, -0.1) is 0 Å². The van der Waals surface area contributed by atoms with E-state index in [2.05, 4.69) is 26.1 Å². The van der Waals surface area contributed by atoms with Crippen molar-refractivity contribution in [2.45, 2.75) is 12.5 Å².